The molecule has 0 aromatic carbocycles. The highest BCUT2D eigenvalue weighted by molar-refractivity contribution is 6.81. The number of hydrogen-bond donors (Lipinski definition) is 0. The third-order valence-electron chi connectivity index (χ3n) is 1.96. The van der Waals surface area contributed by atoms with Crippen LogP contribution in [-0.2, 0) is 9.53 Å². The fourth-order valence-electron chi connectivity index (χ4n) is 1.50. The van der Waals surface area contributed by atoms with E-state index >= 15 is 0 Å². The first-order chi connectivity index (χ1) is 4.43. The first-order valence-electron chi connectivity index (χ1n) is 3.63. The van der Waals surface area contributed by atoms with E-state index in [1.807, 2.05) is 6.92 Å². The van der Waals surface area contributed by atoms with Gasteiger partial charge in [-0.3, -0.25) is 4.79 Å². The van der Waals surface area contributed by atoms with Crippen molar-refractivity contribution in [2.45, 2.75) is 38.2 Å². The zero-order valence-electron chi connectivity index (χ0n) is 6.97. The van der Waals surface area contributed by atoms with Crippen molar-refractivity contribution in [3.05, 3.63) is 0 Å². The number of hydrogen-bond acceptors (Lipinski definition) is 2. The number of carbonyl (C=O) groups is 1. The molecule has 0 saturated carbocycles. The highest BCUT2D eigenvalue weighted by Gasteiger charge is 2.47. The molecule has 10 heavy (non-hydrogen) atoms. The number of carbonyl (C=O) groups excluding carboxylic acids is 1. The maximum Gasteiger partial charge on any atom is 0.310 e. The molecule has 0 aliphatic carbocycles. The SMILES string of the molecule is C[C@H]1OC(=O)[C@H]1[Si](C)(C)C. The van der Waals surface area contributed by atoms with E-state index in [1.165, 1.54) is 0 Å². The first kappa shape index (κ1) is 7.79. The van der Waals surface area contributed by atoms with E-state index in [4.69, 9.17) is 4.74 Å². The Morgan fingerprint density at radius 3 is 2.00 bits per heavy atom. The van der Waals surface area contributed by atoms with Crippen LogP contribution in [0.4, 0.5) is 0 Å². The molecule has 1 heterocycles. The average Bonchev–Trinajstić information content (AvgIpc) is 1.58. The molecular weight excluding hydrogens is 144 g/mol. The third kappa shape index (κ3) is 1.10. The molecule has 58 valence electrons. The van der Waals surface area contributed by atoms with Crippen molar-refractivity contribution in [1.82, 2.24) is 0 Å². The molecule has 0 aromatic rings. The molecule has 2 atom stereocenters. The highest BCUT2D eigenvalue weighted by Crippen LogP contribution is 2.36. The van der Waals surface area contributed by atoms with Crippen molar-refractivity contribution in [1.29, 1.82) is 0 Å². The Balaban J connectivity index is 2.64. The van der Waals surface area contributed by atoms with Crippen LogP contribution in [0.15, 0.2) is 0 Å². The summed E-state index contributed by atoms with van der Waals surface area (Å²) in [5, 5.41) is 0. The van der Waals surface area contributed by atoms with E-state index < -0.39 is 8.07 Å². The zero-order valence-corrected chi connectivity index (χ0v) is 7.97. The van der Waals surface area contributed by atoms with Gasteiger partial charge in [-0.15, -0.1) is 0 Å². The van der Waals surface area contributed by atoms with Gasteiger partial charge in [-0.1, -0.05) is 19.6 Å². The van der Waals surface area contributed by atoms with Gasteiger partial charge in [0.2, 0.25) is 0 Å². The van der Waals surface area contributed by atoms with Crippen molar-refractivity contribution in [2.75, 3.05) is 0 Å². The van der Waals surface area contributed by atoms with Crippen molar-refractivity contribution in [2.24, 2.45) is 0 Å². The minimum absolute atomic E-state index is 0.0201. The van der Waals surface area contributed by atoms with E-state index in [0.717, 1.165) is 0 Å². The van der Waals surface area contributed by atoms with Crippen molar-refractivity contribution in [3.8, 4) is 0 Å². The summed E-state index contributed by atoms with van der Waals surface area (Å²) in [6.45, 7) is 8.59. The molecule has 3 heteroatoms. The molecule has 0 unspecified atom stereocenters. The minimum atomic E-state index is -1.27. The molecule has 0 N–H and O–H groups in total. The van der Waals surface area contributed by atoms with E-state index in [0.29, 0.717) is 0 Å². The lowest BCUT2D eigenvalue weighted by atomic mass is 10.2. The van der Waals surface area contributed by atoms with Crippen LogP contribution in [0.1, 0.15) is 6.92 Å². The van der Waals surface area contributed by atoms with Crippen LogP contribution in [-0.4, -0.2) is 20.1 Å². The normalized spacial score (nSPS) is 33.0. The summed E-state index contributed by atoms with van der Waals surface area (Å²) in [5.74, 6) is 0.0201. The summed E-state index contributed by atoms with van der Waals surface area (Å²) < 4.78 is 4.87. The van der Waals surface area contributed by atoms with Crippen LogP contribution in [0.3, 0.4) is 0 Å². The van der Waals surface area contributed by atoms with E-state index in [-0.39, 0.29) is 17.6 Å². The lowest BCUT2D eigenvalue weighted by Crippen LogP contribution is -2.50. The minimum Gasteiger partial charge on any atom is -0.462 e. The summed E-state index contributed by atoms with van der Waals surface area (Å²) in [4.78, 5) is 10.9. The Morgan fingerprint density at radius 2 is 1.90 bits per heavy atom. The molecule has 0 bridgehead atoms. The molecule has 1 aliphatic heterocycles. The fourth-order valence-corrected chi connectivity index (χ4v) is 3.75. The second kappa shape index (κ2) is 2.09. The van der Waals surface area contributed by atoms with Gasteiger partial charge in [0.1, 0.15) is 6.10 Å². The van der Waals surface area contributed by atoms with E-state index in [1.54, 1.807) is 0 Å². The monoisotopic (exact) mass is 158 g/mol. The Kier molecular flexibility index (Phi) is 1.62. The predicted molar refractivity (Wildman–Crippen MR) is 42.7 cm³/mol. The topological polar surface area (TPSA) is 26.3 Å². The van der Waals surface area contributed by atoms with Gasteiger partial charge in [0, 0.05) is 0 Å². The standard InChI is InChI=1S/C7H14O2Si/c1-5-6(7(8)9-5)10(2,3)4/h5-6H,1-4H3/t5-,6+/m1/s1. The van der Waals surface area contributed by atoms with Crippen LogP contribution in [0.25, 0.3) is 0 Å². The summed E-state index contributed by atoms with van der Waals surface area (Å²) in [6, 6.07) is 0. The fraction of sp³-hybridized carbons (Fsp3) is 0.857. The Hall–Kier alpha value is -0.313. The largest absolute Gasteiger partial charge is 0.462 e. The molecule has 0 amide bonds. The average molecular weight is 158 g/mol. The maximum atomic E-state index is 10.9. The summed E-state index contributed by atoms with van der Waals surface area (Å²) in [5.41, 5.74) is 0.243. The van der Waals surface area contributed by atoms with Crippen molar-refractivity contribution in [3.63, 3.8) is 0 Å². The molecule has 0 radical (unpaired) electrons. The van der Waals surface area contributed by atoms with E-state index in [9.17, 15) is 4.79 Å². The van der Waals surface area contributed by atoms with Gasteiger partial charge in [0.25, 0.3) is 0 Å². The highest BCUT2D eigenvalue weighted by atomic mass is 28.3. The smallest absolute Gasteiger partial charge is 0.310 e. The molecule has 1 aliphatic rings. The Morgan fingerprint density at radius 1 is 1.40 bits per heavy atom. The molecular formula is C7H14O2Si. The first-order valence-corrected chi connectivity index (χ1v) is 7.21. The van der Waals surface area contributed by atoms with Crippen LogP contribution in [0, 0.1) is 0 Å². The summed E-state index contributed by atoms with van der Waals surface area (Å²) >= 11 is 0. The molecule has 1 rings (SSSR count). The van der Waals surface area contributed by atoms with Crippen molar-refractivity contribution < 1.29 is 9.53 Å². The van der Waals surface area contributed by atoms with E-state index in [2.05, 4.69) is 19.6 Å². The van der Waals surface area contributed by atoms with Gasteiger partial charge < -0.3 is 4.74 Å². The van der Waals surface area contributed by atoms with Gasteiger partial charge in [-0.25, -0.2) is 0 Å². The molecule has 2 nitrogen and oxygen atoms in total. The second-order valence-corrected chi connectivity index (χ2v) is 9.34. The molecule has 1 fully saturated rings. The summed E-state index contributed by atoms with van der Waals surface area (Å²) in [7, 11) is -1.27. The van der Waals surface area contributed by atoms with Crippen LogP contribution in [0.5, 0.6) is 0 Å². The lowest BCUT2D eigenvalue weighted by molar-refractivity contribution is -0.167. The quantitative estimate of drug-likeness (QED) is 0.428. The molecule has 0 aromatic heterocycles. The van der Waals surface area contributed by atoms with Crippen LogP contribution >= 0.6 is 0 Å². The number of esters is 1. The Labute approximate surface area is 62.6 Å². The number of rotatable bonds is 1. The van der Waals surface area contributed by atoms with Crippen LogP contribution in [0.2, 0.25) is 25.2 Å². The molecule has 0 spiro atoms. The van der Waals surface area contributed by atoms with Gasteiger partial charge in [0.15, 0.2) is 0 Å². The molecule has 1 saturated heterocycles. The maximum absolute atomic E-state index is 10.9. The third-order valence-corrected chi connectivity index (χ3v) is 4.53. The number of cyclic esters (lactones) is 1. The van der Waals surface area contributed by atoms with Crippen molar-refractivity contribution >= 4 is 14.0 Å². The lowest BCUT2D eigenvalue weighted by Gasteiger charge is -2.39. The summed E-state index contributed by atoms with van der Waals surface area (Å²) in [6.07, 6.45) is 0.180. The van der Waals surface area contributed by atoms with Gasteiger partial charge in [-0.2, -0.15) is 0 Å². The van der Waals surface area contributed by atoms with Gasteiger partial charge in [0.05, 0.1) is 13.6 Å². The number of ether oxygens (including phenoxy) is 1. The van der Waals surface area contributed by atoms with Gasteiger partial charge >= 0.3 is 5.97 Å². The van der Waals surface area contributed by atoms with Crippen LogP contribution < -0.4 is 0 Å². The Bertz CT molecular complexity index is 159. The second-order valence-electron chi connectivity index (χ2n) is 3.99. The van der Waals surface area contributed by atoms with Gasteiger partial charge in [-0.05, 0) is 6.92 Å². The predicted octanol–water partition coefficient (Wildman–Crippen LogP) is 1.64. The zero-order chi connectivity index (χ0) is 7.94.